The van der Waals surface area contributed by atoms with E-state index in [-0.39, 0.29) is 29.3 Å². The largest absolute Gasteiger partial charge is 0.504 e. The molecule has 2 aliphatic rings. The van der Waals surface area contributed by atoms with Gasteiger partial charge in [-0.1, -0.05) is 37.3 Å². The minimum atomic E-state index is -0.703. The van der Waals surface area contributed by atoms with E-state index in [9.17, 15) is 14.7 Å². The van der Waals surface area contributed by atoms with Crippen molar-refractivity contribution in [1.82, 2.24) is 0 Å². The van der Waals surface area contributed by atoms with Crippen LogP contribution in [-0.4, -0.2) is 16.7 Å². The Morgan fingerprint density at radius 3 is 2.32 bits per heavy atom. The van der Waals surface area contributed by atoms with Gasteiger partial charge in [-0.3, -0.25) is 9.59 Å². The van der Waals surface area contributed by atoms with E-state index in [2.05, 4.69) is 0 Å². The molecule has 3 rings (SSSR count). The number of benzene rings is 1. The van der Waals surface area contributed by atoms with Crippen LogP contribution in [0.1, 0.15) is 25.3 Å². The van der Waals surface area contributed by atoms with Crippen LogP contribution in [0.3, 0.4) is 0 Å². The van der Waals surface area contributed by atoms with Crippen LogP contribution in [0.5, 0.6) is 0 Å². The van der Waals surface area contributed by atoms with E-state index in [0.29, 0.717) is 5.57 Å². The molecule has 0 radical (unpaired) electrons. The molecule has 98 valence electrons. The first-order valence-corrected chi connectivity index (χ1v) is 6.56. The van der Waals surface area contributed by atoms with Gasteiger partial charge in [-0.05, 0) is 24.0 Å². The molecule has 3 heteroatoms. The molecule has 4 atom stereocenters. The molecule has 0 saturated heterocycles. The number of carbonyl (C=O) groups is 2. The molecule has 1 aromatic rings. The minimum absolute atomic E-state index is 0.0262. The standard InChI is InChI=1S/C16H16O3/c1-8-11-9(2)14(17)16(19)13(15(11)18)12(8)10-6-4-3-5-7-10/h3-8,11-13,17H,1-2H3/t8-,11+,12-,13+/m0/s1. The van der Waals surface area contributed by atoms with Gasteiger partial charge in [0.1, 0.15) is 0 Å². The molecule has 0 amide bonds. The Morgan fingerprint density at radius 1 is 1.05 bits per heavy atom. The van der Waals surface area contributed by atoms with E-state index in [4.69, 9.17) is 0 Å². The molecule has 1 fully saturated rings. The third-order valence-electron chi connectivity index (χ3n) is 4.60. The summed E-state index contributed by atoms with van der Waals surface area (Å²) in [6.45, 7) is 3.69. The van der Waals surface area contributed by atoms with Crippen molar-refractivity contribution in [3.63, 3.8) is 0 Å². The molecule has 0 aliphatic heterocycles. The second kappa shape index (κ2) is 4.05. The molecule has 0 unspecified atom stereocenters. The number of hydrogen-bond acceptors (Lipinski definition) is 3. The molecular formula is C16H16O3. The summed E-state index contributed by atoms with van der Waals surface area (Å²) in [5.41, 5.74) is 1.55. The van der Waals surface area contributed by atoms with Gasteiger partial charge in [0.2, 0.25) is 5.78 Å². The summed E-state index contributed by atoms with van der Waals surface area (Å²) in [7, 11) is 0. The number of carbonyl (C=O) groups excluding carboxylic acids is 2. The SMILES string of the molecule is CC1=C(O)C(=O)[C@H]2C(=O)[C@@H]1[C@H](C)[C@H]2c1ccccc1. The molecule has 2 aliphatic carbocycles. The summed E-state index contributed by atoms with van der Waals surface area (Å²) in [5, 5.41) is 9.91. The van der Waals surface area contributed by atoms with Gasteiger partial charge in [-0.2, -0.15) is 0 Å². The van der Waals surface area contributed by atoms with E-state index >= 15 is 0 Å². The lowest BCUT2D eigenvalue weighted by Crippen LogP contribution is -2.32. The highest BCUT2D eigenvalue weighted by atomic mass is 16.3. The molecule has 3 nitrogen and oxygen atoms in total. The number of allylic oxidation sites excluding steroid dienone is 2. The van der Waals surface area contributed by atoms with Gasteiger partial charge in [0.25, 0.3) is 0 Å². The number of fused-ring (bicyclic) bond motifs is 2. The predicted molar refractivity (Wildman–Crippen MR) is 70.7 cm³/mol. The third-order valence-corrected chi connectivity index (χ3v) is 4.60. The van der Waals surface area contributed by atoms with Crippen molar-refractivity contribution < 1.29 is 14.7 Å². The van der Waals surface area contributed by atoms with Gasteiger partial charge in [-0.25, -0.2) is 0 Å². The molecule has 1 saturated carbocycles. The predicted octanol–water partition coefficient (Wildman–Crippen LogP) is 2.64. The van der Waals surface area contributed by atoms with Crippen LogP contribution in [0, 0.1) is 17.8 Å². The number of aliphatic hydroxyl groups excluding tert-OH is 1. The fourth-order valence-electron chi connectivity index (χ4n) is 3.70. The van der Waals surface area contributed by atoms with Gasteiger partial charge in [-0.15, -0.1) is 0 Å². The maximum atomic E-state index is 12.4. The first-order valence-electron chi connectivity index (χ1n) is 6.56. The van der Waals surface area contributed by atoms with Crippen molar-refractivity contribution in [1.29, 1.82) is 0 Å². The van der Waals surface area contributed by atoms with E-state index < -0.39 is 11.7 Å². The Bertz CT molecular complexity index is 585. The fraction of sp³-hybridized carbons (Fsp3) is 0.375. The number of ketones is 2. The first kappa shape index (κ1) is 12.2. The number of hydrogen-bond donors (Lipinski definition) is 1. The number of aliphatic hydroxyl groups is 1. The highest BCUT2D eigenvalue weighted by Crippen LogP contribution is 2.52. The van der Waals surface area contributed by atoms with Gasteiger partial charge < -0.3 is 5.11 Å². The van der Waals surface area contributed by atoms with E-state index in [1.165, 1.54) is 0 Å². The maximum absolute atomic E-state index is 12.4. The van der Waals surface area contributed by atoms with Crippen LogP contribution in [0.2, 0.25) is 0 Å². The molecule has 0 aromatic heterocycles. The van der Waals surface area contributed by atoms with Crippen molar-refractivity contribution in [2.45, 2.75) is 19.8 Å². The maximum Gasteiger partial charge on any atom is 0.208 e. The second-order valence-electron chi connectivity index (χ2n) is 5.55. The van der Waals surface area contributed by atoms with Crippen molar-refractivity contribution in [3.05, 3.63) is 47.2 Å². The highest BCUT2D eigenvalue weighted by Gasteiger charge is 2.56. The van der Waals surface area contributed by atoms with Gasteiger partial charge >= 0.3 is 0 Å². The van der Waals surface area contributed by atoms with Gasteiger partial charge in [0.05, 0.1) is 5.92 Å². The smallest absolute Gasteiger partial charge is 0.208 e. The Hall–Kier alpha value is -1.90. The Balaban J connectivity index is 2.13. The zero-order valence-corrected chi connectivity index (χ0v) is 11.0. The summed E-state index contributed by atoms with van der Waals surface area (Å²) >= 11 is 0. The van der Waals surface area contributed by atoms with Crippen molar-refractivity contribution >= 4 is 11.6 Å². The third kappa shape index (κ3) is 1.51. The van der Waals surface area contributed by atoms with Gasteiger partial charge in [0.15, 0.2) is 11.5 Å². The van der Waals surface area contributed by atoms with Crippen molar-refractivity contribution in [2.75, 3.05) is 0 Å². The first-order chi connectivity index (χ1) is 9.04. The summed E-state index contributed by atoms with van der Waals surface area (Å²) in [4.78, 5) is 24.6. The average Bonchev–Trinajstić information content (AvgIpc) is 2.64. The second-order valence-corrected chi connectivity index (χ2v) is 5.55. The molecule has 2 bridgehead atoms. The van der Waals surface area contributed by atoms with Crippen LogP contribution >= 0.6 is 0 Å². The van der Waals surface area contributed by atoms with Crippen molar-refractivity contribution in [2.24, 2.45) is 17.8 Å². The monoisotopic (exact) mass is 256 g/mol. The lowest BCUT2D eigenvalue weighted by atomic mass is 9.82. The van der Waals surface area contributed by atoms with E-state index in [1.54, 1.807) is 6.92 Å². The summed E-state index contributed by atoms with van der Waals surface area (Å²) < 4.78 is 0. The highest BCUT2D eigenvalue weighted by molar-refractivity contribution is 6.16. The van der Waals surface area contributed by atoms with E-state index in [1.807, 2.05) is 37.3 Å². The molecule has 1 N–H and O–H groups in total. The minimum Gasteiger partial charge on any atom is -0.504 e. The summed E-state index contributed by atoms with van der Waals surface area (Å²) in [6.07, 6.45) is 0. The van der Waals surface area contributed by atoms with Crippen LogP contribution < -0.4 is 0 Å². The zero-order valence-electron chi connectivity index (χ0n) is 11.0. The number of rotatable bonds is 1. The van der Waals surface area contributed by atoms with Crippen LogP contribution in [0.15, 0.2) is 41.7 Å². The Morgan fingerprint density at radius 2 is 1.68 bits per heavy atom. The lowest BCUT2D eigenvalue weighted by molar-refractivity contribution is -0.133. The van der Waals surface area contributed by atoms with Crippen LogP contribution in [-0.2, 0) is 9.59 Å². The van der Waals surface area contributed by atoms with Gasteiger partial charge in [0, 0.05) is 11.8 Å². The quantitative estimate of drug-likeness (QED) is 0.786. The molecule has 0 spiro atoms. The number of Topliss-reactive ketones (excluding diaryl/α,β-unsaturated/α-hetero) is 2. The van der Waals surface area contributed by atoms with Crippen LogP contribution in [0.25, 0.3) is 0 Å². The zero-order chi connectivity index (χ0) is 13.7. The molecule has 19 heavy (non-hydrogen) atoms. The molecule has 1 aromatic carbocycles. The molecular weight excluding hydrogens is 240 g/mol. The Kier molecular flexibility index (Phi) is 2.59. The summed E-state index contributed by atoms with van der Waals surface area (Å²) in [5.74, 6) is -1.71. The average molecular weight is 256 g/mol. The Labute approximate surface area is 111 Å². The topological polar surface area (TPSA) is 54.4 Å². The lowest BCUT2D eigenvalue weighted by Gasteiger charge is -2.20. The van der Waals surface area contributed by atoms with Crippen LogP contribution in [0.4, 0.5) is 0 Å². The molecule has 0 heterocycles. The van der Waals surface area contributed by atoms with E-state index in [0.717, 1.165) is 5.56 Å². The van der Waals surface area contributed by atoms with Crippen molar-refractivity contribution in [3.8, 4) is 0 Å². The fourth-order valence-corrected chi connectivity index (χ4v) is 3.70. The normalized spacial score (nSPS) is 34.0. The summed E-state index contributed by atoms with van der Waals surface area (Å²) in [6, 6.07) is 9.66.